The maximum atomic E-state index is 11.2. The number of nitrogens with one attached hydrogen (secondary N) is 1. The number of halogens is 3. The van der Waals surface area contributed by atoms with Crippen LogP contribution in [0.3, 0.4) is 0 Å². The van der Waals surface area contributed by atoms with Crippen molar-refractivity contribution >= 4 is 29.0 Å². The van der Waals surface area contributed by atoms with E-state index in [0.717, 1.165) is 18.2 Å². The molecule has 0 saturated heterocycles. The number of hydrogen-bond donors (Lipinski definition) is 4. The van der Waals surface area contributed by atoms with Gasteiger partial charge < -0.3 is 21.3 Å². The highest BCUT2D eigenvalue weighted by Crippen LogP contribution is 2.29. The summed E-state index contributed by atoms with van der Waals surface area (Å²) in [5.41, 5.74) is 4.28. The van der Waals surface area contributed by atoms with Crippen LogP contribution in [0.4, 0.5) is 30.2 Å². The first-order valence-electron chi connectivity index (χ1n) is 7.73. The number of benzene rings is 1. The van der Waals surface area contributed by atoms with Crippen LogP contribution in [0.1, 0.15) is 19.3 Å². The summed E-state index contributed by atoms with van der Waals surface area (Å²) in [6, 6.07) is 1.97. The van der Waals surface area contributed by atoms with E-state index in [-0.39, 0.29) is 12.1 Å². The normalized spacial score (nSPS) is 11.6. The lowest BCUT2D eigenvalue weighted by Gasteiger charge is -2.15. The summed E-state index contributed by atoms with van der Waals surface area (Å²) in [5.74, 6) is -3.92. The predicted octanol–water partition coefficient (Wildman–Crippen LogP) is 2.13. The molecule has 0 aliphatic heterocycles. The Morgan fingerprint density at radius 2 is 1.69 bits per heavy atom. The van der Waals surface area contributed by atoms with Gasteiger partial charge in [-0.15, -0.1) is 0 Å². The molecule has 0 fully saturated rings. The van der Waals surface area contributed by atoms with Crippen molar-refractivity contribution in [2.45, 2.75) is 31.5 Å². The molecular weight excluding hydrogens is 409 g/mol. The van der Waals surface area contributed by atoms with Crippen LogP contribution in [0.5, 0.6) is 0 Å². The number of carboxylic acid groups (broad SMARTS) is 2. The molecule has 162 valence electrons. The maximum Gasteiger partial charge on any atom is 0.490 e. The molecule has 5 N–H and O–H groups in total. The fourth-order valence-electron chi connectivity index (χ4n) is 1.84. The quantitative estimate of drug-likeness (QED) is 0.257. The molecule has 1 aromatic rings. The Labute approximate surface area is 160 Å². The Morgan fingerprint density at radius 1 is 1.14 bits per heavy atom. The van der Waals surface area contributed by atoms with E-state index < -0.39 is 45.4 Å². The van der Waals surface area contributed by atoms with Gasteiger partial charge >= 0.3 is 18.1 Å². The maximum absolute atomic E-state index is 11.2. The standard InChI is InChI=1S/C12H16N4O6.C2HF3O2/c13-6-2-1-3-10(12(17)18)14-9-5-4-8(15(19)20)7-11(9)16(21)22;3-2(4,5)1(6)7/h4-5,7,10,14H,1-3,6,13H2,(H,17,18);(H,6,7)/t10-;/m0./s1. The summed E-state index contributed by atoms with van der Waals surface area (Å²) >= 11 is 0. The van der Waals surface area contributed by atoms with Gasteiger partial charge in [-0.1, -0.05) is 0 Å². The lowest BCUT2D eigenvalue weighted by Crippen LogP contribution is -2.29. The van der Waals surface area contributed by atoms with Gasteiger partial charge in [0.1, 0.15) is 11.7 Å². The van der Waals surface area contributed by atoms with E-state index in [1.807, 2.05) is 0 Å². The fourth-order valence-corrected chi connectivity index (χ4v) is 1.84. The van der Waals surface area contributed by atoms with Crippen LogP contribution in [0.15, 0.2) is 18.2 Å². The van der Waals surface area contributed by atoms with E-state index >= 15 is 0 Å². The van der Waals surface area contributed by atoms with E-state index in [1.165, 1.54) is 0 Å². The van der Waals surface area contributed by atoms with E-state index in [1.54, 1.807) is 0 Å². The van der Waals surface area contributed by atoms with Crippen LogP contribution >= 0.6 is 0 Å². The van der Waals surface area contributed by atoms with Crippen LogP contribution in [-0.4, -0.2) is 50.8 Å². The summed E-state index contributed by atoms with van der Waals surface area (Å²) in [6.07, 6.45) is -3.67. The minimum Gasteiger partial charge on any atom is -0.480 e. The largest absolute Gasteiger partial charge is 0.490 e. The Morgan fingerprint density at radius 3 is 2.07 bits per heavy atom. The molecule has 0 unspecified atom stereocenters. The highest BCUT2D eigenvalue weighted by Gasteiger charge is 2.38. The summed E-state index contributed by atoms with van der Waals surface area (Å²) in [4.78, 5) is 40.2. The topological polar surface area (TPSA) is 199 Å². The minimum absolute atomic E-state index is 0.0734. The number of nitrogens with zero attached hydrogens (tertiary/aromatic N) is 2. The predicted molar refractivity (Wildman–Crippen MR) is 91.4 cm³/mol. The summed E-state index contributed by atoms with van der Waals surface area (Å²) < 4.78 is 31.7. The van der Waals surface area contributed by atoms with Gasteiger partial charge in [-0.05, 0) is 31.9 Å². The van der Waals surface area contributed by atoms with Crippen LogP contribution < -0.4 is 11.1 Å². The molecule has 0 spiro atoms. The second-order valence-corrected chi connectivity index (χ2v) is 5.34. The lowest BCUT2D eigenvalue weighted by molar-refractivity contribution is -0.393. The van der Waals surface area contributed by atoms with Gasteiger partial charge in [-0.2, -0.15) is 13.2 Å². The number of unbranched alkanes of at least 4 members (excludes halogenated alkanes) is 1. The lowest BCUT2D eigenvalue weighted by atomic mass is 10.1. The van der Waals surface area contributed by atoms with Crippen molar-refractivity contribution in [2.24, 2.45) is 5.73 Å². The number of alkyl halides is 3. The Bertz CT molecular complexity index is 757. The number of anilines is 1. The van der Waals surface area contributed by atoms with Gasteiger partial charge in [-0.25, -0.2) is 9.59 Å². The van der Waals surface area contributed by atoms with Crippen molar-refractivity contribution in [3.05, 3.63) is 38.4 Å². The monoisotopic (exact) mass is 426 g/mol. The molecule has 0 aromatic heterocycles. The summed E-state index contributed by atoms with van der Waals surface area (Å²) in [7, 11) is 0. The van der Waals surface area contributed by atoms with E-state index in [9.17, 15) is 38.2 Å². The highest BCUT2D eigenvalue weighted by molar-refractivity contribution is 5.79. The van der Waals surface area contributed by atoms with E-state index in [2.05, 4.69) is 5.32 Å². The second kappa shape index (κ2) is 11.4. The molecule has 0 radical (unpaired) electrons. The van der Waals surface area contributed by atoms with Gasteiger partial charge in [0.05, 0.1) is 15.9 Å². The SMILES string of the molecule is NCCCC[C@H](Nc1ccc([N+](=O)[O-])cc1[N+](=O)[O-])C(=O)O.O=C(O)C(F)(F)F. The molecule has 0 aliphatic carbocycles. The van der Waals surface area contributed by atoms with E-state index in [0.29, 0.717) is 19.4 Å². The Kier molecular flexibility index (Phi) is 10.0. The first-order valence-corrected chi connectivity index (χ1v) is 7.73. The Hall–Kier alpha value is -3.49. The summed E-state index contributed by atoms with van der Waals surface area (Å²) in [6.45, 7) is 0.421. The third kappa shape index (κ3) is 9.32. The zero-order valence-electron chi connectivity index (χ0n) is 14.6. The molecule has 29 heavy (non-hydrogen) atoms. The van der Waals surface area contributed by atoms with Crippen molar-refractivity contribution < 1.29 is 42.8 Å². The van der Waals surface area contributed by atoms with Crippen molar-refractivity contribution in [3.63, 3.8) is 0 Å². The van der Waals surface area contributed by atoms with Crippen LogP contribution in [-0.2, 0) is 9.59 Å². The number of hydrogen-bond acceptors (Lipinski definition) is 8. The highest BCUT2D eigenvalue weighted by atomic mass is 19.4. The number of nitro groups is 2. The smallest absolute Gasteiger partial charge is 0.480 e. The third-order valence-corrected chi connectivity index (χ3v) is 3.21. The number of carboxylic acids is 2. The number of rotatable bonds is 9. The molecule has 0 heterocycles. The van der Waals surface area contributed by atoms with Crippen molar-refractivity contribution in [3.8, 4) is 0 Å². The zero-order valence-corrected chi connectivity index (χ0v) is 14.6. The average Bonchev–Trinajstić information content (AvgIpc) is 2.60. The number of aliphatic carboxylic acids is 2. The van der Waals surface area contributed by atoms with Gasteiger partial charge in [0, 0.05) is 6.07 Å². The molecule has 0 bridgehead atoms. The number of carbonyl (C=O) groups is 2. The number of nitrogens with two attached hydrogens (primary N) is 1. The zero-order chi connectivity index (χ0) is 22.8. The van der Waals surface area contributed by atoms with Gasteiger partial charge in [0.2, 0.25) is 0 Å². The summed E-state index contributed by atoms with van der Waals surface area (Å²) in [5, 5.41) is 40.4. The number of nitro benzene ring substituents is 2. The minimum atomic E-state index is -5.08. The molecular formula is C14H17F3N4O8. The van der Waals surface area contributed by atoms with Gasteiger partial charge in [0.15, 0.2) is 0 Å². The molecule has 0 saturated carbocycles. The molecule has 1 rings (SSSR count). The first kappa shape index (κ1) is 25.5. The average molecular weight is 426 g/mol. The number of non-ortho nitro benzene ring substituents is 1. The molecule has 1 atom stereocenters. The fraction of sp³-hybridized carbons (Fsp3) is 0.429. The van der Waals surface area contributed by atoms with Gasteiger partial charge in [0.25, 0.3) is 11.4 Å². The van der Waals surface area contributed by atoms with Crippen molar-refractivity contribution in [1.29, 1.82) is 0 Å². The van der Waals surface area contributed by atoms with Crippen LogP contribution in [0.2, 0.25) is 0 Å². The van der Waals surface area contributed by atoms with E-state index in [4.69, 9.17) is 20.7 Å². The van der Waals surface area contributed by atoms with Crippen LogP contribution in [0.25, 0.3) is 0 Å². The third-order valence-electron chi connectivity index (χ3n) is 3.21. The molecule has 0 amide bonds. The second-order valence-electron chi connectivity index (χ2n) is 5.34. The van der Waals surface area contributed by atoms with Crippen LogP contribution in [0, 0.1) is 20.2 Å². The molecule has 0 aliphatic rings. The molecule has 1 aromatic carbocycles. The molecule has 12 nitrogen and oxygen atoms in total. The Balaban J connectivity index is 0.000000956. The first-order chi connectivity index (χ1) is 13.3. The molecule has 15 heteroatoms. The van der Waals surface area contributed by atoms with Crippen molar-refractivity contribution in [1.82, 2.24) is 0 Å². The van der Waals surface area contributed by atoms with Crippen molar-refractivity contribution in [2.75, 3.05) is 11.9 Å². The van der Waals surface area contributed by atoms with Gasteiger partial charge in [-0.3, -0.25) is 20.2 Å².